The molecule has 0 saturated heterocycles. The van der Waals surface area contributed by atoms with Gasteiger partial charge in [-0.15, -0.1) is 0 Å². The zero-order valence-corrected chi connectivity index (χ0v) is 16.5. The van der Waals surface area contributed by atoms with Crippen LogP contribution in [0, 0.1) is 5.92 Å². The smallest absolute Gasteiger partial charge is 0.191 e. The number of imidazole rings is 1. The fourth-order valence-corrected chi connectivity index (χ4v) is 3.24. The Morgan fingerprint density at radius 1 is 1.11 bits per heavy atom. The standard InChI is InChI=1S/C21H30N6/c1-17(2)16-27-14-11-23-20(27)15-25-21(22-3)24-10-6-12-26-13-9-18-7-4-5-8-19(18)26/h4-5,7-9,11,13-14,17H,6,10,12,15-16H2,1-3H3,(H2,22,24,25). The molecule has 2 N–H and O–H groups in total. The van der Waals surface area contributed by atoms with Gasteiger partial charge in [0.1, 0.15) is 5.82 Å². The van der Waals surface area contributed by atoms with Crippen LogP contribution in [-0.2, 0) is 19.6 Å². The molecule has 0 radical (unpaired) electrons. The Bertz CT molecular complexity index is 874. The lowest BCUT2D eigenvalue weighted by atomic mass is 10.2. The summed E-state index contributed by atoms with van der Waals surface area (Å²) in [5.74, 6) is 2.44. The third-order valence-electron chi connectivity index (χ3n) is 4.55. The summed E-state index contributed by atoms with van der Waals surface area (Å²) in [6.07, 6.45) is 7.08. The molecule has 144 valence electrons. The summed E-state index contributed by atoms with van der Waals surface area (Å²) < 4.78 is 4.50. The second-order valence-electron chi connectivity index (χ2n) is 7.16. The zero-order chi connectivity index (χ0) is 19.1. The number of hydrogen-bond acceptors (Lipinski definition) is 2. The minimum absolute atomic E-state index is 0.597. The molecule has 0 amide bonds. The number of aryl methyl sites for hydroxylation is 1. The number of hydrogen-bond donors (Lipinski definition) is 2. The SMILES string of the molecule is CN=C(NCCCn1ccc2ccccc21)NCc1nccn1CC(C)C. The maximum Gasteiger partial charge on any atom is 0.191 e. The third kappa shape index (κ3) is 5.12. The first-order valence-corrected chi connectivity index (χ1v) is 9.65. The van der Waals surface area contributed by atoms with Crippen LogP contribution in [0.2, 0.25) is 0 Å². The van der Waals surface area contributed by atoms with E-state index in [1.807, 2.05) is 12.4 Å². The summed E-state index contributed by atoms with van der Waals surface area (Å²) >= 11 is 0. The molecule has 6 nitrogen and oxygen atoms in total. The summed E-state index contributed by atoms with van der Waals surface area (Å²) in [7, 11) is 1.80. The summed E-state index contributed by atoms with van der Waals surface area (Å²) in [5.41, 5.74) is 1.29. The first-order chi connectivity index (χ1) is 13.2. The van der Waals surface area contributed by atoms with Gasteiger partial charge in [-0.2, -0.15) is 0 Å². The van der Waals surface area contributed by atoms with E-state index in [1.54, 1.807) is 7.05 Å². The number of guanidine groups is 1. The molecular weight excluding hydrogens is 336 g/mol. The number of nitrogens with zero attached hydrogens (tertiary/aromatic N) is 4. The zero-order valence-electron chi connectivity index (χ0n) is 16.5. The minimum Gasteiger partial charge on any atom is -0.356 e. The number of rotatable bonds is 8. The van der Waals surface area contributed by atoms with Crippen molar-refractivity contribution in [3.05, 3.63) is 54.7 Å². The van der Waals surface area contributed by atoms with Crippen molar-refractivity contribution in [1.29, 1.82) is 0 Å². The van der Waals surface area contributed by atoms with Crippen molar-refractivity contribution < 1.29 is 0 Å². The average molecular weight is 367 g/mol. The molecule has 0 aliphatic rings. The molecule has 0 saturated carbocycles. The molecular formula is C21H30N6. The quantitative estimate of drug-likeness (QED) is 0.365. The Morgan fingerprint density at radius 3 is 2.78 bits per heavy atom. The highest BCUT2D eigenvalue weighted by Gasteiger charge is 2.06. The normalized spacial score (nSPS) is 12.1. The molecule has 0 aliphatic heterocycles. The molecule has 27 heavy (non-hydrogen) atoms. The van der Waals surface area contributed by atoms with Crippen LogP contribution < -0.4 is 10.6 Å². The lowest BCUT2D eigenvalue weighted by Crippen LogP contribution is -2.38. The van der Waals surface area contributed by atoms with Gasteiger partial charge in [-0.3, -0.25) is 4.99 Å². The van der Waals surface area contributed by atoms with E-state index in [-0.39, 0.29) is 0 Å². The molecule has 0 spiro atoms. The summed E-state index contributed by atoms with van der Waals surface area (Å²) in [4.78, 5) is 8.76. The number of benzene rings is 1. The van der Waals surface area contributed by atoms with Crippen LogP contribution in [0.1, 0.15) is 26.1 Å². The second kappa shape index (κ2) is 9.26. The monoisotopic (exact) mass is 366 g/mol. The van der Waals surface area contributed by atoms with Gasteiger partial charge in [0.2, 0.25) is 0 Å². The Labute approximate surface area is 161 Å². The molecule has 0 unspecified atom stereocenters. The topological polar surface area (TPSA) is 59.2 Å². The Morgan fingerprint density at radius 2 is 1.96 bits per heavy atom. The molecule has 0 atom stereocenters. The molecule has 2 aromatic heterocycles. The molecule has 3 rings (SSSR count). The number of aromatic nitrogens is 3. The number of para-hydroxylation sites is 1. The predicted octanol–water partition coefficient (Wildman–Crippen LogP) is 3.25. The fourth-order valence-electron chi connectivity index (χ4n) is 3.24. The van der Waals surface area contributed by atoms with E-state index >= 15 is 0 Å². The third-order valence-corrected chi connectivity index (χ3v) is 4.55. The largest absolute Gasteiger partial charge is 0.356 e. The van der Waals surface area contributed by atoms with Gasteiger partial charge in [0, 0.05) is 50.8 Å². The molecule has 2 heterocycles. The lowest BCUT2D eigenvalue weighted by Gasteiger charge is -2.14. The highest BCUT2D eigenvalue weighted by atomic mass is 15.2. The molecule has 6 heteroatoms. The number of aliphatic imine (C=N–C) groups is 1. The van der Waals surface area contributed by atoms with Crippen molar-refractivity contribution in [2.24, 2.45) is 10.9 Å². The second-order valence-corrected chi connectivity index (χ2v) is 7.16. The average Bonchev–Trinajstić information content (AvgIpc) is 3.27. The van der Waals surface area contributed by atoms with Crippen molar-refractivity contribution >= 4 is 16.9 Å². The van der Waals surface area contributed by atoms with Gasteiger partial charge in [-0.25, -0.2) is 4.98 Å². The maximum absolute atomic E-state index is 4.45. The van der Waals surface area contributed by atoms with E-state index in [0.29, 0.717) is 12.5 Å². The van der Waals surface area contributed by atoms with E-state index in [9.17, 15) is 0 Å². The van der Waals surface area contributed by atoms with Crippen LogP contribution in [0.5, 0.6) is 0 Å². The van der Waals surface area contributed by atoms with Gasteiger partial charge in [-0.1, -0.05) is 32.0 Å². The van der Waals surface area contributed by atoms with Gasteiger partial charge in [0.15, 0.2) is 5.96 Å². The first kappa shape index (κ1) is 19.0. The Balaban J connectivity index is 1.44. The fraction of sp³-hybridized carbons (Fsp3) is 0.429. The van der Waals surface area contributed by atoms with E-state index in [4.69, 9.17) is 0 Å². The lowest BCUT2D eigenvalue weighted by molar-refractivity contribution is 0.503. The predicted molar refractivity (Wildman–Crippen MR) is 112 cm³/mol. The van der Waals surface area contributed by atoms with E-state index in [0.717, 1.165) is 37.8 Å². The first-order valence-electron chi connectivity index (χ1n) is 9.65. The Hall–Kier alpha value is -2.76. The molecule has 3 aromatic rings. The van der Waals surface area contributed by atoms with Crippen molar-refractivity contribution in [3.8, 4) is 0 Å². The summed E-state index contributed by atoms with van der Waals surface area (Å²) in [6, 6.07) is 10.7. The molecule has 0 aliphatic carbocycles. The highest BCUT2D eigenvalue weighted by molar-refractivity contribution is 5.80. The summed E-state index contributed by atoms with van der Waals surface area (Å²) in [6.45, 7) is 7.93. The van der Waals surface area contributed by atoms with Gasteiger partial charge < -0.3 is 19.8 Å². The van der Waals surface area contributed by atoms with Crippen molar-refractivity contribution in [2.45, 2.75) is 39.9 Å². The maximum atomic E-state index is 4.45. The van der Waals surface area contributed by atoms with Gasteiger partial charge >= 0.3 is 0 Å². The summed E-state index contributed by atoms with van der Waals surface area (Å²) in [5, 5.41) is 8.04. The van der Waals surface area contributed by atoms with Crippen molar-refractivity contribution in [2.75, 3.05) is 13.6 Å². The highest BCUT2D eigenvalue weighted by Crippen LogP contribution is 2.15. The van der Waals surface area contributed by atoms with E-state index in [2.05, 4.69) is 80.1 Å². The molecule has 1 aromatic carbocycles. The van der Waals surface area contributed by atoms with Crippen LogP contribution in [0.4, 0.5) is 0 Å². The molecule has 0 bridgehead atoms. The molecule has 0 fully saturated rings. The van der Waals surface area contributed by atoms with Crippen molar-refractivity contribution in [3.63, 3.8) is 0 Å². The number of fused-ring (bicyclic) bond motifs is 1. The Kier molecular flexibility index (Phi) is 6.52. The van der Waals surface area contributed by atoms with Crippen molar-refractivity contribution in [1.82, 2.24) is 24.8 Å². The van der Waals surface area contributed by atoms with Gasteiger partial charge in [0.05, 0.1) is 6.54 Å². The van der Waals surface area contributed by atoms with Crippen LogP contribution in [0.25, 0.3) is 10.9 Å². The minimum atomic E-state index is 0.597. The van der Waals surface area contributed by atoms with E-state index < -0.39 is 0 Å². The van der Waals surface area contributed by atoms with Crippen LogP contribution in [0.3, 0.4) is 0 Å². The number of nitrogens with one attached hydrogen (secondary N) is 2. The van der Waals surface area contributed by atoms with Gasteiger partial charge in [0.25, 0.3) is 0 Å². The van der Waals surface area contributed by atoms with Crippen LogP contribution in [0.15, 0.2) is 53.9 Å². The van der Waals surface area contributed by atoms with E-state index in [1.165, 1.54) is 10.9 Å². The van der Waals surface area contributed by atoms with Crippen LogP contribution >= 0.6 is 0 Å². The van der Waals surface area contributed by atoms with Gasteiger partial charge in [-0.05, 0) is 29.9 Å². The van der Waals surface area contributed by atoms with Crippen LogP contribution in [-0.4, -0.2) is 33.7 Å².